The zero-order valence-corrected chi connectivity index (χ0v) is 10.1. The lowest BCUT2D eigenvalue weighted by atomic mass is 9.85. The molecule has 0 unspecified atom stereocenters. The maximum Gasteiger partial charge on any atom is 0.204 e. The Hall–Kier alpha value is -1.75. The number of aromatic nitrogens is 4. The number of nitrogens with one attached hydrogen (secondary N) is 1. The van der Waals surface area contributed by atoms with E-state index < -0.39 is 0 Å². The van der Waals surface area contributed by atoms with Crippen molar-refractivity contribution in [3.63, 3.8) is 0 Å². The van der Waals surface area contributed by atoms with Crippen molar-refractivity contribution in [3.05, 3.63) is 29.8 Å². The molecule has 0 bridgehead atoms. The summed E-state index contributed by atoms with van der Waals surface area (Å²) in [6.45, 7) is 4.99. The molecule has 0 amide bonds. The molecule has 0 fully saturated rings. The van der Waals surface area contributed by atoms with Crippen molar-refractivity contribution in [2.75, 3.05) is 6.54 Å². The molecule has 0 aliphatic heterocycles. The van der Waals surface area contributed by atoms with E-state index in [1.165, 1.54) is 5.56 Å². The SMILES string of the molecule is CC(C)(CN)Cc1cccc(-c2nn[nH]n2)c1. The number of rotatable bonds is 4. The van der Waals surface area contributed by atoms with Gasteiger partial charge in [-0.2, -0.15) is 5.21 Å². The van der Waals surface area contributed by atoms with E-state index in [9.17, 15) is 0 Å². The predicted molar refractivity (Wildman–Crippen MR) is 66.2 cm³/mol. The van der Waals surface area contributed by atoms with Crippen LogP contribution in [0.15, 0.2) is 24.3 Å². The second kappa shape index (κ2) is 4.63. The summed E-state index contributed by atoms with van der Waals surface area (Å²) in [4.78, 5) is 0. The Bertz CT molecular complexity index is 475. The molecule has 5 heteroatoms. The summed E-state index contributed by atoms with van der Waals surface area (Å²) in [6.07, 6.45) is 0.940. The third-order valence-electron chi connectivity index (χ3n) is 2.77. The monoisotopic (exact) mass is 231 g/mol. The Kier molecular flexibility index (Phi) is 3.19. The summed E-state index contributed by atoms with van der Waals surface area (Å²) < 4.78 is 0. The van der Waals surface area contributed by atoms with Crippen LogP contribution in [0.4, 0.5) is 0 Å². The van der Waals surface area contributed by atoms with Gasteiger partial charge in [-0.25, -0.2) is 0 Å². The van der Waals surface area contributed by atoms with Crippen LogP contribution in [0.25, 0.3) is 11.4 Å². The van der Waals surface area contributed by atoms with Gasteiger partial charge in [0.05, 0.1) is 0 Å². The predicted octanol–water partition coefficient (Wildman–Crippen LogP) is 1.39. The topological polar surface area (TPSA) is 80.5 Å². The zero-order chi connectivity index (χ0) is 12.3. The van der Waals surface area contributed by atoms with E-state index in [4.69, 9.17) is 5.73 Å². The van der Waals surface area contributed by atoms with E-state index >= 15 is 0 Å². The summed E-state index contributed by atoms with van der Waals surface area (Å²) in [5.74, 6) is 0.623. The van der Waals surface area contributed by atoms with E-state index in [0.29, 0.717) is 12.4 Å². The molecule has 1 aromatic heterocycles. The molecule has 0 aliphatic rings. The van der Waals surface area contributed by atoms with Crippen molar-refractivity contribution < 1.29 is 0 Å². The van der Waals surface area contributed by atoms with Crippen LogP contribution in [-0.2, 0) is 6.42 Å². The standard InChI is InChI=1S/C12H17N5/c1-12(2,8-13)7-9-4-3-5-10(6-9)11-14-16-17-15-11/h3-6H,7-8,13H2,1-2H3,(H,14,15,16,17). The molecule has 0 saturated heterocycles. The van der Waals surface area contributed by atoms with Gasteiger partial charge < -0.3 is 5.73 Å². The quantitative estimate of drug-likeness (QED) is 0.833. The van der Waals surface area contributed by atoms with Gasteiger partial charge in [0.2, 0.25) is 5.82 Å². The molecule has 5 nitrogen and oxygen atoms in total. The van der Waals surface area contributed by atoms with E-state index in [1.807, 2.05) is 12.1 Å². The summed E-state index contributed by atoms with van der Waals surface area (Å²) in [7, 11) is 0. The minimum Gasteiger partial charge on any atom is -0.330 e. The average molecular weight is 231 g/mol. The molecule has 0 spiro atoms. The molecule has 0 aliphatic carbocycles. The Labute approximate surface area is 100 Å². The molecular weight excluding hydrogens is 214 g/mol. The van der Waals surface area contributed by atoms with Gasteiger partial charge in [-0.05, 0) is 35.2 Å². The Morgan fingerprint density at radius 1 is 1.35 bits per heavy atom. The molecule has 1 heterocycles. The van der Waals surface area contributed by atoms with Gasteiger partial charge in [0.1, 0.15) is 0 Å². The summed E-state index contributed by atoms with van der Waals surface area (Å²) >= 11 is 0. The molecular formula is C12H17N5. The van der Waals surface area contributed by atoms with Crippen LogP contribution in [-0.4, -0.2) is 27.2 Å². The molecule has 0 atom stereocenters. The van der Waals surface area contributed by atoms with Crippen LogP contribution < -0.4 is 5.73 Å². The van der Waals surface area contributed by atoms with Crippen molar-refractivity contribution in [3.8, 4) is 11.4 Å². The molecule has 3 N–H and O–H groups in total. The number of nitrogens with two attached hydrogens (primary N) is 1. The number of tetrazole rings is 1. The second-order valence-electron chi connectivity index (χ2n) is 4.98. The lowest BCUT2D eigenvalue weighted by Crippen LogP contribution is -2.25. The molecule has 90 valence electrons. The van der Waals surface area contributed by atoms with Crippen LogP contribution >= 0.6 is 0 Å². The highest BCUT2D eigenvalue weighted by Gasteiger charge is 2.16. The van der Waals surface area contributed by atoms with E-state index in [0.717, 1.165) is 12.0 Å². The van der Waals surface area contributed by atoms with Crippen molar-refractivity contribution in [2.24, 2.45) is 11.1 Å². The molecule has 2 rings (SSSR count). The lowest BCUT2D eigenvalue weighted by molar-refractivity contribution is 0.377. The van der Waals surface area contributed by atoms with Crippen LogP contribution in [0.2, 0.25) is 0 Å². The van der Waals surface area contributed by atoms with Gasteiger partial charge in [0.15, 0.2) is 0 Å². The Morgan fingerprint density at radius 3 is 2.82 bits per heavy atom. The van der Waals surface area contributed by atoms with Crippen LogP contribution in [0.1, 0.15) is 19.4 Å². The van der Waals surface area contributed by atoms with Crippen molar-refractivity contribution in [1.82, 2.24) is 20.6 Å². The normalized spacial score (nSPS) is 11.7. The highest BCUT2D eigenvalue weighted by molar-refractivity contribution is 5.54. The maximum atomic E-state index is 5.75. The van der Waals surface area contributed by atoms with E-state index in [2.05, 4.69) is 46.6 Å². The van der Waals surface area contributed by atoms with Crippen molar-refractivity contribution in [2.45, 2.75) is 20.3 Å². The van der Waals surface area contributed by atoms with E-state index in [1.54, 1.807) is 0 Å². The number of H-pyrrole nitrogens is 1. The Balaban J connectivity index is 2.23. The van der Waals surface area contributed by atoms with Crippen LogP contribution in [0.3, 0.4) is 0 Å². The fourth-order valence-electron chi connectivity index (χ4n) is 1.73. The first kappa shape index (κ1) is 11.7. The van der Waals surface area contributed by atoms with Crippen molar-refractivity contribution in [1.29, 1.82) is 0 Å². The summed E-state index contributed by atoms with van der Waals surface area (Å²) in [5, 5.41) is 14.0. The molecule has 0 saturated carbocycles. The third-order valence-corrected chi connectivity index (χ3v) is 2.77. The average Bonchev–Trinajstić information content (AvgIpc) is 2.82. The van der Waals surface area contributed by atoms with E-state index in [-0.39, 0.29) is 5.41 Å². The number of benzene rings is 1. The number of nitrogens with zero attached hydrogens (tertiary/aromatic N) is 3. The van der Waals surface area contributed by atoms with Gasteiger partial charge >= 0.3 is 0 Å². The number of hydrogen-bond donors (Lipinski definition) is 2. The first-order valence-corrected chi connectivity index (χ1v) is 5.63. The first-order chi connectivity index (χ1) is 8.11. The fourth-order valence-corrected chi connectivity index (χ4v) is 1.73. The van der Waals surface area contributed by atoms with Gasteiger partial charge in [0, 0.05) is 5.56 Å². The molecule has 1 aromatic carbocycles. The van der Waals surface area contributed by atoms with Crippen LogP contribution in [0, 0.1) is 5.41 Å². The molecule has 17 heavy (non-hydrogen) atoms. The van der Waals surface area contributed by atoms with Gasteiger partial charge in [-0.1, -0.05) is 32.0 Å². The minimum absolute atomic E-state index is 0.107. The number of hydrogen-bond acceptors (Lipinski definition) is 4. The molecule has 0 radical (unpaired) electrons. The highest BCUT2D eigenvalue weighted by atomic mass is 15.5. The minimum atomic E-state index is 0.107. The summed E-state index contributed by atoms with van der Waals surface area (Å²) in [6, 6.07) is 8.17. The van der Waals surface area contributed by atoms with Crippen molar-refractivity contribution >= 4 is 0 Å². The smallest absolute Gasteiger partial charge is 0.204 e. The van der Waals surface area contributed by atoms with Gasteiger partial charge in [0.25, 0.3) is 0 Å². The third kappa shape index (κ3) is 2.88. The Morgan fingerprint density at radius 2 is 2.18 bits per heavy atom. The maximum absolute atomic E-state index is 5.75. The first-order valence-electron chi connectivity index (χ1n) is 5.63. The summed E-state index contributed by atoms with van der Waals surface area (Å²) in [5.41, 5.74) is 8.07. The number of aromatic amines is 1. The van der Waals surface area contributed by atoms with Gasteiger partial charge in [-0.15, -0.1) is 10.2 Å². The fraction of sp³-hybridized carbons (Fsp3) is 0.417. The highest BCUT2D eigenvalue weighted by Crippen LogP contribution is 2.23. The molecule has 2 aromatic rings. The van der Waals surface area contributed by atoms with Crippen LogP contribution in [0.5, 0.6) is 0 Å². The largest absolute Gasteiger partial charge is 0.330 e. The zero-order valence-electron chi connectivity index (χ0n) is 10.1. The second-order valence-corrected chi connectivity index (χ2v) is 4.98. The lowest BCUT2D eigenvalue weighted by Gasteiger charge is -2.22. The van der Waals surface area contributed by atoms with Gasteiger partial charge in [-0.3, -0.25) is 0 Å².